The van der Waals surface area contributed by atoms with E-state index in [0.717, 1.165) is 11.1 Å². The molecule has 5 heteroatoms. The Hall–Kier alpha value is -2.33. The number of rotatable bonds is 5. The second-order valence-corrected chi connectivity index (χ2v) is 6.15. The van der Waals surface area contributed by atoms with Gasteiger partial charge >= 0.3 is 0 Å². The van der Waals surface area contributed by atoms with Crippen LogP contribution >= 0.6 is 11.6 Å². The lowest BCUT2D eigenvalue weighted by atomic mass is 10.1. The third-order valence-electron chi connectivity index (χ3n) is 3.83. The van der Waals surface area contributed by atoms with E-state index in [-0.39, 0.29) is 24.4 Å². The lowest BCUT2D eigenvalue weighted by molar-refractivity contribution is -0.123. The number of anilines is 1. The first kappa shape index (κ1) is 18.0. The largest absolute Gasteiger partial charge is 0.348 e. The average Bonchev–Trinajstić information content (AvgIpc) is 2.56. The maximum absolute atomic E-state index is 12.3. The van der Waals surface area contributed by atoms with Gasteiger partial charge in [-0.05, 0) is 37.1 Å². The van der Waals surface area contributed by atoms with Crippen molar-refractivity contribution < 1.29 is 9.59 Å². The smallest absolute Gasteiger partial charge is 0.240 e. The van der Waals surface area contributed by atoms with E-state index in [4.69, 9.17) is 11.6 Å². The van der Waals surface area contributed by atoms with Crippen LogP contribution in [0.15, 0.2) is 48.5 Å². The molecular formula is C19H21ClN2O2. The third kappa shape index (κ3) is 4.59. The monoisotopic (exact) mass is 344 g/mol. The summed E-state index contributed by atoms with van der Waals surface area (Å²) in [6.07, 6.45) is 0. The van der Waals surface area contributed by atoms with Crippen molar-refractivity contribution in [2.75, 3.05) is 11.4 Å². The Morgan fingerprint density at radius 2 is 1.83 bits per heavy atom. The Balaban J connectivity index is 2.08. The van der Waals surface area contributed by atoms with Gasteiger partial charge in [-0.3, -0.25) is 9.59 Å². The molecule has 126 valence electrons. The van der Waals surface area contributed by atoms with E-state index in [1.165, 1.54) is 11.8 Å². The molecule has 0 spiro atoms. The first-order valence-electron chi connectivity index (χ1n) is 7.77. The fraction of sp³-hybridized carbons (Fsp3) is 0.263. The SMILES string of the molecule is CC(=O)N(CC(=O)NC(C)c1ccccc1)c1ccc(C)c(Cl)c1. The van der Waals surface area contributed by atoms with Crippen molar-refractivity contribution in [3.63, 3.8) is 0 Å². The second kappa shape index (κ2) is 7.97. The number of carbonyl (C=O) groups excluding carboxylic acids is 2. The molecule has 0 radical (unpaired) electrons. The van der Waals surface area contributed by atoms with Crippen molar-refractivity contribution in [3.05, 3.63) is 64.7 Å². The van der Waals surface area contributed by atoms with Crippen LogP contribution in [-0.2, 0) is 9.59 Å². The summed E-state index contributed by atoms with van der Waals surface area (Å²) < 4.78 is 0. The van der Waals surface area contributed by atoms with Crippen LogP contribution < -0.4 is 10.2 Å². The summed E-state index contributed by atoms with van der Waals surface area (Å²) in [7, 11) is 0. The van der Waals surface area contributed by atoms with Crippen LogP contribution in [0.25, 0.3) is 0 Å². The van der Waals surface area contributed by atoms with Gasteiger partial charge in [0, 0.05) is 17.6 Å². The van der Waals surface area contributed by atoms with E-state index in [9.17, 15) is 9.59 Å². The number of hydrogen-bond donors (Lipinski definition) is 1. The van der Waals surface area contributed by atoms with E-state index in [1.807, 2.05) is 50.2 Å². The zero-order valence-electron chi connectivity index (χ0n) is 14.0. The number of benzene rings is 2. The van der Waals surface area contributed by atoms with Crippen LogP contribution in [0, 0.1) is 6.92 Å². The summed E-state index contributed by atoms with van der Waals surface area (Å²) in [6.45, 7) is 5.18. The first-order chi connectivity index (χ1) is 11.4. The van der Waals surface area contributed by atoms with Gasteiger partial charge in [-0.25, -0.2) is 0 Å². The van der Waals surface area contributed by atoms with Gasteiger partial charge in [0.05, 0.1) is 6.04 Å². The Morgan fingerprint density at radius 3 is 2.42 bits per heavy atom. The van der Waals surface area contributed by atoms with Crippen LogP contribution in [-0.4, -0.2) is 18.4 Å². The standard InChI is InChI=1S/C19H21ClN2O2/c1-13-9-10-17(11-18(13)20)22(15(3)23)12-19(24)21-14(2)16-7-5-4-6-8-16/h4-11,14H,12H2,1-3H3,(H,21,24). The summed E-state index contributed by atoms with van der Waals surface area (Å²) in [5.41, 5.74) is 2.55. The molecule has 0 heterocycles. The molecule has 2 aromatic rings. The maximum Gasteiger partial charge on any atom is 0.240 e. The summed E-state index contributed by atoms with van der Waals surface area (Å²) in [5, 5.41) is 3.48. The van der Waals surface area contributed by atoms with Crippen LogP contribution in [0.3, 0.4) is 0 Å². The molecule has 2 amide bonds. The fourth-order valence-corrected chi connectivity index (χ4v) is 2.56. The molecule has 0 saturated carbocycles. The van der Waals surface area contributed by atoms with E-state index in [0.29, 0.717) is 10.7 Å². The number of carbonyl (C=O) groups is 2. The predicted octanol–water partition coefficient (Wildman–Crippen LogP) is 3.88. The number of halogens is 1. The highest BCUT2D eigenvalue weighted by molar-refractivity contribution is 6.31. The highest BCUT2D eigenvalue weighted by atomic mass is 35.5. The number of hydrogen-bond acceptors (Lipinski definition) is 2. The summed E-state index contributed by atoms with van der Waals surface area (Å²) in [4.78, 5) is 25.7. The highest BCUT2D eigenvalue weighted by Crippen LogP contribution is 2.23. The Labute approximate surface area is 147 Å². The number of amides is 2. The van der Waals surface area contributed by atoms with Gasteiger partial charge in [-0.15, -0.1) is 0 Å². The molecule has 2 aromatic carbocycles. The molecule has 1 N–H and O–H groups in total. The van der Waals surface area contributed by atoms with Crippen molar-refractivity contribution >= 4 is 29.1 Å². The molecule has 4 nitrogen and oxygen atoms in total. The zero-order chi connectivity index (χ0) is 17.7. The number of aryl methyl sites for hydroxylation is 1. The molecule has 2 rings (SSSR count). The van der Waals surface area contributed by atoms with Crippen molar-refractivity contribution in [2.24, 2.45) is 0 Å². The molecule has 0 bridgehead atoms. The fourth-order valence-electron chi connectivity index (χ4n) is 2.39. The van der Waals surface area contributed by atoms with Gasteiger partial charge < -0.3 is 10.2 Å². The molecule has 0 saturated heterocycles. The van der Waals surface area contributed by atoms with Gasteiger partial charge in [0.1, 0.15) is 6.54 Å². The maximum atomic E-state index is 12.3. The van der Waals surface area contributed by atoms with Crippen molar-refractivity contribution in [1.29, 1.82) is 0 Å². The molecule has 1 atom stereocenters. The Morgan fingerprint density at radius 1 is 1.17 bits per heavy atom. The highest BCUT2D eigenvalue weighted by Gasteiger charge is 2.18. The van der Waals surface area contributed by atoms with Crippen LogP contribution in [0.4, 0.5) is 5.69 Å². The van der Waals surface area contributed by atoms with Crippen LogP contribution in [0.1, 0.15) is 31.0 Å². The van der Waals surface area contributed by atoms with Crippen molar-refractivity contribution in [3.8, 4) is 0 Å². The van der Waals surface area contributed by atoms with E-state index < -0.39 is 0 Å². The van der Waals surface area contributed by atoms with Gasteiger partial charge in [-0.2, -0.15) is 0 Å². The van der Waals surface area contributed by atoms with Crippen molar-refractivity contribution in [2.45, 2.75) is 26.8 Å². The topological polar surface area (TPSA) is 49.4 Å². The second-order valence-electron chi connectivity index (χ2n) is 5.74. The molecule has 0 aliphatic rings. The Bertz CT molecular complexity index is 731. The normalized spacial score (nSPS) is 11.7. The molecule has 0 aromatic heterocycles. The van der Waals surface area contributed by atoms with Crippen LogP contribution in [0.2, 0.25) is 5.02 Å². The van der Waals surface area contributed by atoms with Crippen molar-refractivity contribution in [1.82, 2.24) is 5.32 Å². The lowest BCUT2D eigenvalue weighted by Gasteiger charge is -2.23. The third-order valence-corrected chi connectivity index (χ3v) is 4.23. The lowest BCUT2D eigenvalue weighted by Crippen LogP contribution is -2.40. The number of nitrogens with one attached hydrogen (secondary N) is 1. The van der Waals surface area contributed by atoms with Crippen LogP contribution in [0.5, 0.6) is 0 Å². The molecule has 1 unspecified atom stereocenters. The minimum Gasteiger partial charge on any atom is -0.348 e. The first-order valence-corrected chi connectivity index (χ1v) is 8.15. The zero-order valence-corrected chi connectivity index (χ0v) is 14.8. The summed E-state index contributed by atoms with van der Waals surface area (Å²) >= 11 is 6.12. The Kier molecular flexibility index (Phi) is 5.99. The quantitative estimate of drug-likeness (QED) is 0.894. The van der Waals surface area contributed by atoms with Gasteiger partial charge in [0.15, 0.2) is 0 Å². The molecule has 0 aliphatic heterocycles. The molecular weight excluding hydrogens is 324 g/mol. The summed E-state index contributed by atoms with van der Waals surface area (Å²) in [6, 6.07) is 14.9. The predicted molar refractivity (Wildman–Crippen MR) is 97.2 cm³/mol. The van der Waals surface area contributed by atoms with E-state index >= 15 is 0 Å². The van der Waals surface area contributed by atoms with Gasteiger partial charge in [0.2, 0.25) is 11.8 Å². The average molecular weight is 345 g/mol. The molecule has 0 aliphatic carbocycles. The minimum absolute atomic E-state index is 0.0497. The van der Waals surface area contributed by atoms with E-state index in [1.54, 1.807) is 12.1 Å². The van der Waals surface area contributed by atoms with Gasteiger partial charge in [-0.1, -0.05) is 48.0 Å². The molecule has 0 fully saturated rings. The minimum atomic E-state index is -0.224. The van der Waals surface area contributed by atoms with E-state index in [2.05, 4.69) is 5.32 Å². The molecule has 24 heavy (non-hydrogen) atoms. The summed E-state index contributed by atoms with van der Waals surface area (Å²) in [5.74, 6) is -0.435. The number of nitrogens with zero attached hydrogens (tertiary/aromatic N) is 1. The van der Waals surface area contributed by atoms with Gasteiger partial charge in [0.25, 0.3) is 0 Å².